The van der Waals surface area contributed by atoms with Crippen LogP contribution in [0.3, 0.4) is 0 Å². The third kappa shape index (κ3) is 2.81. The van der Waals surface area contributed by atoms with Crippen LogP contribution in [0.25, 0.3) is 0 Å². The Hall–Kier alpha value is -1.57. The highest BCUT2D eigenvalue weighted by atomic mass is 32.1. The van der Waals surface area contributed by atoms with Crippen molar-refractivity contribution < 1.29 is 26.7 Å². The molecule has 2 nitrogen and oxygen atoms in total. The normalized spacial score (nSPS) is 10.3. The number of thiocarbonyl (C=S) groups is 1. The fourth-order valence-corrected chi connectivity index (χ4v) is 1.43. The van der Waals surface area contributed by atoms with E-state index in [1.54, 1.807) is 0 Å². The number of Topliss-reactive ketones (excluding diaryl/α,β-unsaturated/α-hetero) is 1. The quantitative estimate of drug-likeness (QED) is 0.400. The molecule has 1 aromatic rings. The summed E-state index contributed by atoms with van der Waals surface area (Å²) in [5.74, 6) is -10.9. The van der Waals surface area contributed by atoms with E-state index < -0.39 is 40.6 Å². The molecular formula is C10H6F5NOS. The number of rotatable bonds is 3. The molecule has 0 aliphatic carbocycles. The first kappa shape index (κ1) is 14.5. The number of anilines is 1. The Morgan fingerprint density at radius 1 is 1.00 bits per heavy atom. The van der Waals surface area contributed by atoms with Gasteiger partial charge in [0, 0.05) is 0 Å². The molecule has 8 heteroatoms. The lowest BCUT2D eigenvalue weighted by Gasteiger charge is -2.10. The third-order valence-corrected chi connectivity index (χ3v) is 2.13. The van der Waals surface area contributed by atoms with Gasteiger partial charge in [-0.15, -0.1) is 0 Å². The molecule has 0 saturated carbocycles. The minimum absolute atomic E-state index is 0.342. The molecular weight excluding hydrogens is 277 g/mol. The lowest BCUT2D eigenvalue weighted by Crippen LogP contribution is -2.17. The van der Waals surface area contributed by atoms with Gasteiger partial charge in [-0.05, 0) is 6.92 Å². The summed E-state index contributed by atoms with van der Waals surface area (Å²) in [4.78, 5) is 10.3. The smallest absolute Gasteiger partial charge is 0.200 e. The minimum atomic E-state index is -2.26. The molecule has 0 unspecified atom stereocenters. The van der Waals surface area contributed by atoms with E-state index in [0.29, 0.717) is 0 Å². The first-order valence-corrected chi connectivity index (χ1v) is 4.97. The van der Waals surface area contributed by atoms with Crippen LogP contribution in [0.4, 0.5) is 27.6 Å². The fourth-order valence-electron chi connectivity index (χ4n) is 1.12. The van der Waals surface area contributed by atoms with Crippen LogP contribution in [0.1, 0.15) is 13.3 Å². The fraction of sp³-hybridized carbons (Fsp3) is 0.200. The molecule has 0 fully saturated rings. The maximum Gasteiger partial charge on any atom is 0.200 e. The summed E-state index contributed by atoms with van der Waals surface area (Å²) in [5, 5.41) is 1.83. The van der Waals surface area contributed by atoms with Crippen LogP contribution >= 0.6 is 12.2 Å². The van der Waals surface area contributed by atoms with Crippen molar-refractivity contribution in [2.24, 2.45) is 0 Å². The highest BCUT2D eigenvalue weighted by Crippen LogP contribution is 2.27. The van der Waals surface area contributed by atoms with Gasteiger partial charge in [0.15, 0.2) is 23.3 Å². The molecule has 1 N–H and O–H groups in total. The van der Waals surface area contributed by atoms with Crippen LogP contribution in [-0.2, 0) is 4.79 Å². The Morgan fingerprint density at radius 2 is 1.39 bits per heavy atom. The lowest BCUT2D eigenvalue weighted by atomic mass is 10.2. The van der Waals surface area contributed by atoms with E-state index in [1.165, 1.54) is 0 Å². The number of halogens is 5. The zero-order valence-electron chi connectivity index (χ0n) is 8.91. The van der Waals surface area contributed by atoms with E-state index >= 15 is 0 Å². The molecule has 1 aromatic carbocycles. The maximum atomic E-state index is 13.2. The van der Waals surface area contributed by atoms with E-state index in [4.69, 9.17) is 0 Å². The van der Waals surface area contributed by atoms with E-state index in [1.807, 2.05) is 5.32 Å². The van der Waals surface area contributed by atoms with Gasteiger partial charge in [-0.1, -0.05) is 12.2 Å². The Bertz CT molecular complexity index is 502. The largest absolute Gasteiger partial charge is 0.345 e. The third-order valence-electron chi connectivity index (χ3n) is 1.88. The highest BCUT2D eigenvalue weighted by Gasteiger charge is 2.26. The number of ketones is 1. The Balaban J connectivity index is 3.18. The molecule has 0 atom stereocenters. The van der Waals surface area contributed by atoms with Gasteiger partial charge in [-0.25, -0.2) is 22.0 Å². The van der Waals surface area contributed by atoms with Crippen molar-refractivity contribution in [1.29, 1.82) is 0 Å². The molecule has 98 valence electrons. The number of carbonyl (C=O) groups excluding carboxylic acids is 1. The molecule has 1 rings (SSSR count). The van der Waals surface area contributed by atoms with Gasteiger partial charge in [-0.2, -0.15) is 0 Å². The summed E-state index contributed by atoms with van der Waals surface area (Å²) in [7, 11) is 0. The van der Waals surface area contributed by atoms with Gasteiger partial charge in [0.25, 0.3) is 0 Å². The number of hydrogen-bond donors (Lipinski definition) is 1. The van der Waals surface area contributed by atoms with E-state index in [2.05, 4.69) is 12.2 Å². The van der Waals surface area contributed by atoms with Crippen LogP contribution in [0.2, 0.25) is 0 Å². The zero-order valence-corrected chi connectivity index (χ0v) is 9.73. The Morgan fingerprint density at radius 3 is 1.78 bits per heavy atom. The summed E-state index contributed by atoms with van der Waals surface area (Å²) in [6.45, 7) is 1.16. The Kier molecular flexibility index (Phi) is 4.33. The number of nitrogens with one attached hydrogen (secondary N) is 1. The van der Waals surface area contributed by atoms with Gasteiger partial charge in [0.2, 0.25) is 5.82 Å². The lowest BCUT2D eigenvalue weighted by molar-refractivity contribution is -0.115. The highest BCUT2D eigenvalue weighted by molar-refractivity contribution is 7.80. The van der Waals surface area contributed by atoms with E-state index in [0.717, 1.165) is 6.92 Å². The molecule has 0 amide bonds. The van der Waals surface area contributed by atoms with Crippen molar-refractivity contribution in [1.82, 2.24) is 0 Å². The maximum absolute atomic E-state index is 13.2. The van der Waals surface area contributed by atoms with Crippen molar-refractivity contribution in [3.05, 3.63) is 29.1 Å². The molecule has 0 bridgehead atoms. The number of benzene rings is 1. The predicted molar refractivity (Wildman–Crippen MR) is 57.8 cm³/mol. The first-order chi connectivity index (χ1) is 8.25. The molecule has 0 aliphatic heterocycles. The predicted octanol–water partition coefficient (Wildman–Crippen LogP) is 3.10. The van der Waals surface area contributed by atoms with Crippen molar-refractivity contribution in [3.63, 3.8) is 0 Å². The second kappa shape index (κ2) is 5.38. The summed E-state index contributed by atoms with van der Waals surface area (Å²) in [6.07, 6.45) is -0.366. The van der Waals surface area contributed by atoms with Crippen LogP contribution in [-0.4, -0.2) is 10.8 Å². The van der Waals surface area contributed by atoms with E-state index in [-0.39, 0.29) is 11.4 Å². The standard InChI is InChI=1S/C10H6F5NOS/c1-3(17)2-4(18)16-10-8(14)6(12)5(11)7(13)9(10)15/h2H2,1H3,(H,16,18). The van der Waals surface area contributed by atoms with Crippen molar-refractivity contribution in [3.8, 4) is 0 Å². The van der Waals surface area contributed by atoms with Crippen molar-refractivity contribution >= 4 is 28.7 Å². The average Bonchev–Trinajstić information content (AvgIpc) is 2.29. The Labute approximate surface area is 104 Å². The van der Waals surface area contributed by atoms with Crippen LogP contribution in [0.15, 0.2) is 0 Å². The second-order valence-electron chi connectivity index (χ2n) is 3.37. The molecule has 0 radical (unpaired) electrons. The molecule has 0 aliphatic rings. The van der Waals surface area contributed by atoms with E-state index in [9.17, 15) is 26.7 Å². The summed E-state index contributed by atoms with van der Waals surface area (Å²) < 4.78 is 64.7. The van der Waals surface area contributed by atoms with Crippen LogP contribution in [0, 0.1) is 29.1 Å². The van der Waals surface area contributed by atoms with Gasteiger partial charge >= 0.3 is 0 Å². The molecule has 0 spiro atoms. The minimum Gasteiger partial charge on any atom is -0.345 e. The number of carbonyl (C=O) groups is 1. The zero-order chi connectivity index (χ0) is 14.0. The van der Waals surface area contributed by atoms with Gasteiger partial charge in [-0.3, -0.25) is 4.79 Å². The SMILES string of the molecule is CC(=O)CC(=S)Nc1c(F)c(F)c(F)c(F)c1F. The van der Waals surface area contributed by atoms with Gasteiger partial charge in [0.05, 0.1) is 11.4 Å². The second-order valence-corrected chi connectivity index (χ2v) is 3.86. The number of hydrogen-bond acceptors (Lipinski definition) is 2. The molecule has 0 saturated heterocycles. The van der Waals surface area contributed by atoms with Gasteiger partial charge in [0.1, 0.15) is 11.5 Å². The average molecular weight is 283 g/mol. The topological polar surface area (TPSA) is 29.1 Å². The first-order valence-electron chi connectivity index (χ1n) is 4.56. The van der Waals surface area contributed by atoms with Crippen molar-refractivity contribution in [2.75, 3.05) is 5.32 Å². The molecule has 0 aromatic heterocycles. The summed E-state index contributed by atoms with van der Waals surface area (Å²) >= 11 is 4.55. The van der Waals surface area contributed by atoms with Crippen LogP contribution in [0.5, 0.6) is 0 Å². The summed E-state index contributed by atoms with van der Waals surface area (Å²) in [6, 6.07) is 0. The molecule has 0 heterocycles. The van der Waals surface area contributed by atoms with Crippen molar-refractivity contribution in [2.45, 2.75) is 13.3 Å². The molecule has 18 heavy (non-hydrogen) atoms. The van der Waals surface area contributed by atoms with Crippen LogP contribution < -0.4 is 5.32 Å². The van der Waals surface area contributed by atoms with Gasteiger partial charge < -0.3 is 5.32 Å². The monoisotopic (exact) mass is 283 g/mol. The summed E-state index contributed by atoms with van der Waals surface area (Å²) in [5.41, 5.74) is -1.27.